The van der Waals surface area contributed by atoms with Gasteiger partial charge in [-0.25, -0.2) is 4.39 Å². The van der Waals surface area contributed by atoms with Gasteiger partial charge in [-0.2, -0.15) is 8.78 Å². The van der Waals surface area contributed by atoms with E-state index in [4.69, 9.17) is 12.2 Å². The summed E-state index contributed by atoms with van der Waals surface area (Å²) in [6.07, 6.45) is 4.85. The Morgan fingerprint density at radius 3 is 2.44 bits per heavy atom. The quantitative estimate of drug-likeness (QED) is 0.816. The summed E-state index contributed by atoms with van der Waals surface area (Å²) >= 11 is 0. The Kier molecular flexibility index (Phi) is 3.75. The highest BCUT2D eigenvalue weighted by Gasteiger charge is 2.51. The molecule has 1 aromatic carbocycles. The lowest BCUT2D eigenvalue weighted by atomic mass is 9.90. The van der Waals surface area contributed by atoms with Crippen LogP contribution in [0.15, 0.2) is 18.2 Å². The van der Waals surface area contributed by atoms with Gasteiger partial charge in [0.1, 0.15) is 5.82 Å². The van der Waals surface area contributed by atoms with Gasteiger partial charge in [0.05, 0.1) is 5.56 Å². The van der Waals surface area contributed by atoms with E-state index in [1.165, 1.54) is 19.1 Å². The van der Waals surface area contributed by atoms with Crippen molar-refractivity contribution in [2.24, 2.45) is 5.73 Å². The summed E-state index contributed by atoms with van der Waals surface area (Å²) in [5, 5.41) is 9.47. The largest absolute Gasteiger partial charge is 0.372 e. The fraction of sp³-hybridized carbons (Fsp3) is 0.385. The number of benzene rings is 1. The molecule has 0 aromatic heterocycles. The summed E-state index contributed by atoms with van der Waals surface area (Å²) in [6.45, 7) is 2.23. The van der Waals surface area contributed by atoms with E-state index in [9.17, 15) is 18.3 Å². The fourth-order valence-corrected chi connectivity index (χ4v) is 1.50. The summed E-state index contributed by atoms with van der Waals surface area (Å²) < 4.78 is 41.9. The molecule has 1 aromatic rings. The zero-order chi connectivity index (χ0) is 14.1. The molecule has 0 aliphatic carbocycles. The zero-order valence-corrected chi connectivity index (χ0v) is 10.0. The summed E-state index contributed by atoms with van der Waals surface area (Å²) in [4.78, 5) is 0. The molecule has 3 N–H and O–H groups in total. The highest BCUT2D eigenvalue weighted by Crippen LogP contribution is 2.40. The van der Waals surface area contributed by atoms with Crippen LogP contribution >= 0.6 is 0 Å². The maximum absolute atomic E-state index is 14.0. The molecule has 0 spiro atoms. The van der Waals surface area contributed by atoms with Gasteiger partial charge in [-0.1, -0.05) is 18.1 Å². The van der Waals surface area contributed by atoms with Gasteiger partial charge in [-0.05, 0) is 19.9 Å². The van der Waals surface area contributed by atoms with Crippen LogP contribution in [0.25, 0.3) is 0 Å². The van der Waals surface area contributed by atoms with Crippen LogP contribution in [0.2, 0.25) is 0 Å². The van der Waals surface area contributed by atoms with E-state index in [0.29, 0.717) is 0 Å². The Hall–Kier alpha value is -1.51. The molecule has 0 heterocycles. The van der Waals surface area contributed by atoms with Gasteiger partial charge in [0.15, 0.2) is 5.60 Å². The highest BCUT2D eigenvalue weighted by molar-refractivity contribution is 5.34. The second-order valence-corrected chi connectivity index (χ2v) is 4.29. The van der Waals surface area contributed by atoms with Crippen molar-refractivity contribution >= 4 is 0 Å². The summed E-state index contributed by atoms with van der Waals surface area (Å²) in [6, 6.07) is 2.70. The van der Waals surface area contributed by atoms with Crippen molar-refractivity contribution in [2.75, 3.05) is 0 Å². The molecule has 0 radical (unpaired) electrons. The van der Waals surface area contributed by atoms with E-state index in [-0.39, 0.29) is 5.56 Å². The van der Waals surface area contributed by atoms with Crippen LogP contribution in [0, 0.1) is 18.2 Å². The molecular formula is C13H14F3NO. The third-order valence-electron chi connectivity index (χ3n) is 2.75. The molecule has 5 heteroatoms. The average molecular weight is 257 g/mol. The van der Waals surface area contributed by atoms with Crippen molar-refractivity contribution in [3.8, 4) is 12.3 Å². The number of hydrogen-bond donors (Lipinski definition) is 2. The van der Waals surface area contributed by atoms with Crippen molar-refractivity contribution in [3.05, 3.63) is 35.1 Å². The van der Waals surface area contributed by atoms with E-state index in [1.54, 1.807) is 5.92 Å². The molecule has 1 rings (SSSR count). The van der Waals surface area contributed by atoms with Gasteiger partial charge in [0, 0.05) is 11.6 Å². The molecule has 98 valence electrons. The molecule has 2 nitrogen and oxygen atoms in total. The Labute approximate surface area is 104 Å². The van der Waals surface area contributed by atoms with Gasteiger partial charge in [-0.15, -0.1) is 6.42 Å². The first-order valence-corrected chi connectivity index (χ1v) is 5.27. The molecule has 0 bridgehead atoms. The van der Waals surface area contributed by atoms with Gasteiger partial charge < -0.3 is 10.8 Å². The van der Waals surface area contributed by atoms with Gasteiger partial charge >= 0.3 is 5.92 Å². The van der Waals surface area contributed by atoms with Crippen molar-refractivity contribution in [3.63, 3.8) is 0 Å². The number of rotatable bonds is 3. The standard InChI is InChI=1S/C13H14F3NO/c1-4-12(3,18)13(15,16)10-7-5-6-9(8(2)17)11(10)14/h1,5-8,18H,17H2,2-3H3/t8-,12-/m1/s1. The van der Waals surface area contributed by atoms with Crippen molar-refractivity contribution in [1.29, 1.82) is 0 Å². The minimum Gasteiger partial charge on any atom is -0.372 e. The van der Waals surface area contributed by atoms with Gasteiger partial charge in [0.2, 0.25) is 0 Å². The maximum Gasteiger partial charge on any atom is 0.314 e. The first kappa shape index (κ1) is 14.6. The Bertz CT molecular complexity index is 489. The van der Waals surface area contributed by atoms with Gasteiger partial charge in [-0.3, -0.25) is 0 Å². The number of nitrogens with two attached hydrogens (primary N) is 1. The van der Waals surface area contributed by atoms with Crippen molar-refractivity contribution in [2.45, 2.75) is 31.4 Å². The predicted molar refractivity (Wildman–Crippen MR) is 62.4 cm³/mol. The molecule has 0 amide bonds. The van der Waals surface area contributed by atoms with Gasteiger partial charge in [0.25, 0.3) is 0 Å². The number of aliphatic hydroxyl groups is 1. The number of halogens is 3. The number of alkyl halides is 2. The lowest BCUT2D eigenvalue weighted by Crippen LogP contribution is -2.42. The maximum atomic E-state index is 14.0. The van der Waals surface area contributed by atoms with Crippen LogP contribution < -0.4 is 5.73 Å². The SMILES string of the molecule is C#C[C@@](C)(O)C(F)(F)c1cccc([C@@H](C)N)c1F. The molecule has 0 unspecified atom stereocenters. The molecule has 0 saturated carbocycles. The first-order valence-electron chi connectivity index (χ1n) is 5.27. The molecule has 0 aliphatic heterocycles. The van der Waals surface area contributed by atoms with Crippen LogP contribution in [-0.2, 0) is 5.92 Å². The Morgan fingerprint density at radius 2 is 2.00 bits per heavy atom. The molecule has 0 saturated heterocycles. The second-order valence-electron chi connectivity index (χ2n) is 4.29. The molecule has 2 atom stereocenters. The van der Waals surface area contributed by atoms with Crippen LogP contribution in [0.1, 0.15) is 31.0 Å². The minimum absolute atomic E-state index is 0.0556. The minimum atomic E-state index is -3.91. The topological polar surface area (TPSA) is 46.2 Å². The van der Waals surface area contributed by atoms with Crippen LogP contribution in [0.3, 0.4) is 0 Å². The third-order valence-corrected chi connectivity index (χ3v) is 2.75. The van der Waals surface area contributed by atoms with E-state index < -0.39 is 28.9 Å². The van der Waals surface area contributed by atoms with E-state index >= 15 is 0 Å². The Morgan fingerprint density at radius 1 is 1.44 bits per heavy atom. The smallest absolute Gasteiger partial charge is 0.314 e. The van der Waals surface area contributed by atoms with E-state index in [2.05, 4.69) is 0 Å². The second kappa shape index (κ2) is 4.63. The first-order chi connectivity index (χ1) is 8.15. The number of hydrogen-bond acceptors (Lipinski definition) is 2. The molecular weight excluding hydrogens is 243 g/mol. The lowest BCUT2D eigenvalue weighted by molar-refractivity contribution is -0.148. The summed E-state index contributed by atoms with van der Waals surface area (Å²) in [5.74, 6) is -3.49. The Balaban J connectivity index is 3.44. The highest BCUT2D eigenvalue weighted by atomic mass is 19.3. The van der Waals surface area contributed by atoms with Crippen molar-refractivity contribution < 1.29 is 18.3 Å². The third kappa shape index (κ3) is 2.22. The molecule has 0 fully saturated rings. The fourth-order valence-electron chi connectivity index (χ4n) is 1.50. The molecule has 18 heavy (non-hydrogen) atoms. The average Bonchev–Trinajstić information content (AvgIpc) is 2.28. The normalized spacial score (nSPS) is 16.8. The van der Waals surface area contributed by atoms with Crippen LogP contribution in [0.5, 0.6) is 0 Å². The van der Waals surface area contributed by atoms with Crippen LogP contribution in [-0.4, -0.2) is 10.7 Å². The van der Waals surface area contributed by atoms with E-state index in [1.807, 2.05) is 0 Å². The number of terminal acetylenes is 1. The van der Waals surface area contributed by atoms with E-state index in [0.717, 1.165) is 13.0 Å². The zero-order valence-electron chi connectivity index (χ0n) is 10.0. The van der Waals surface area contributed by atoms with Crippen molar-refractivity contribution in [1.82, 2.24) is 0 Å². The summed E-state index contributed by atoms with van der Waals surface area (Å²) in [7, 11) is 0. The summed E-state index contributed by atoms with van der Waals surface area (Å²) in [5.41, 5.74) is 1.69. The predicted octanol–water partition coefficient (Wildman–Crippen LogP) is 2.32. The monoisotopic (exact) mass is 257 g/mol. The molecule has 0 aliphatic rings. The lowest BCUT2D eigenvalue weighted by Gasteiger charge is -2.29. The van der Waals surface area contributed by atoms with Crippen LogP contribution in [0.4, 0.5) is 13.2 Å².